The number of fused-ring (bicyclic) bond motifs is 3. The molecule has 1 N–H and O–H groups in total. The molecule has 23 heavy (non-hydrogen) atoms. The number of furan rings is 1. The molecule has 1 atom stereocenters. The van der Waals surface area contributed by atoms with Crippen LogP contribution in [0.15, 0.2) is 28.7 Å². The molecule has 0 bridgehead atoms. The Balaban J connectivity index is 2.18. The Labute approximate surface area is 132 Å². The van der Waals surface area contributed by atoms with E-state index in [1.165, 1.54) is 19.2 Å². The molecule has 0 aliphatic rings. The Bertz CT molecular complexity index is 854. The molecule has 0 saturated heterocycles. The molecule has 0 unspecified atom stereocenters. The fourth-order valence-corrected chi connectivity index (χ4v) is 2.80. The summed E-state index contributed by atoms with van der Waals surface area (Å²) in [5, 5.41) is 11.1. The highest BCUT2D eigenvalue weighted by Crippen LogP contribution is 2.37. The smallest absolute Gasteiger partial charge is 0.208 e. The highest BCUT2D eigenvalue weighted by atomic mass is 19.1. The summed E-state index contributed by atoms with van der Waals surface area (Å²) in [5.41, 5.74) is 0.0935. The summed E-state index contributed by atoms with van der Waals surface area (Å²) in [6.45, 7) is 2.00. The van der Waals surface area contributed by atoms with E-state index in [1.807, 2.05) is 6.92 Å². The number of rotatable bonds is 5. The number of aliphatic hydroxyl groups is 1. The monoisotopic (exact) mass is 320 g/mol. The van der Waals surface area contributed by atoms with Gasteiger partial charge in [0.1, 0.15) is 0 Å². The maximum Gasteiger partial charge on any atom is 0.208 e. The molecule has 0 fully saturated rings. The van der Waals surface area contributed by atoms with Crippen LogP contribution < -0.4 is 4.74 Å². The summed E-state index contributed by atoms with van der Waals surface area (Å²) in [6.07, 6.45) is 1.29. The fourth-order valence-electron chi connectivity index (χ4n) is 2.80. The van der Waals surface area contributed by atoms with E-state index in [4.69, 9.17) is 9.15 Å². The van der Waals surface area contributed by atoms with Gasteiger partial charge < -0.3 is 14.3 Å². The van der Waals surface area contributed by atoms with Crippen LogP contribution in [0.3, 0.4) is 0 Å². The zero-order valence-electron chi connectivity index (χ0n) is 13.0. The molecule has 0 spiro atoms. The molecule has 3 rings (SSSR count). The first-order chi connectivity index (χ1) is 11.1. The first-order valence-corrected chi connectivity index (χ1v) is 7.63. The highest BCUT2D eigenvalue weighted by Gasteiger charge is 2.21. The minimum Gasteiger partial charge on any atom is -0.494 e. The van der Waals surface area contributed by atoms with E-state index >= 15 is 0 Å². The Morgan fingerprint density at radius 2 is 1.74 bits per heavy atom. The predicted molar refractivity (Wildman–Crippen MR) is 84.7 cm³/mol. The lowest BCUT2D eigenvalue weighted by atomic mass is 10.0. The second kappa shape index (κ2) is 6.16. The van der Waals surface area contributed by atoms with Gasteiger partial charge in [0.05, 0.1) is 13.2 Å². The third-order valence-electron chi connectivity index (χ3n) is 4.09. The average Bonchev–Trinajstić information content (AvgIpc) is 2.94. The summed E-state index contributed by atoms with van der Waals surface area (Å²) in [7, 11) is 1.36. The van der Waals surface area contributed by atoms with Crippen LogP contribution >= 0.6 is 0 Å². The van der Waals surface area contributed by atoms with Gasteiger partial charge in [0.2, 0.25) is 5.82 Å². The number of methoxy groups -OCH3 is 1. The zero-order chi connectivity index (χ0) is 16.6. The minimum absolute atomic E-state index is 0.0415. The minimum atomic E-state index is -0.896. The van der Waals surface area contributed by atoms with Gasteiger partial charge in [-0.15, -0.1) is 0 Å². The quantitative estimate of drug-likeness (QED) is 0.711. The lowest BCUT2D eigenvalue weighted by molar-refractivity contribution is 0.160. The van der Waals surface area contributed by atoms with Crippen molar-refractivity contribution in [1.82, 2.24) is 0 Å². The van der Waals surface area contributed by atoms with E-state index < -0.39 is 17.7 Å². The van der Waals surface area contributed by atoms with Crippen LogP contribution in [-0.4, -0.2) is 12.2 Å². The van der Waals surface area contributed by atoms with Gasteiger partial charge in [-0.2, -0.15) is 4.39 Å². The van der Waals surface area contributed by atoms with Gasteiger partial charge in [0.25, 0.3) is 0 Å². The molecule has 3 nitrogen and oxygen atoms in total. The van der Waals surface area contributed by atoms with Crippen molar-refractivity contribution in [2.24, 2.45) is 0 Å². The Morgan fingerprint density at radius 1 is 1.09 bits per heavy atom. The fraction of sp³-hybridized carbons (Fsp3) is 0.333. The largest absolute Gasteiger partial charge is 0.494 e. The number of unbranched alkanes of at least 4 members (excludes halogenated alkanes) is 1. The molecule has 3 aromatic rings. The van der Waals surface area contributed by atoms with Crippen LogP contribution in [0.5, 0.6) is 5.75 Å². The van der Waals surface area contributed by atoms with Gasteiger partial charge in [-0.3, -0.25) is 0 Å². The molecule has 2 aromatic carbocycles. The Hall–Kier alpha value is -2.14. The Kier molecular flexibility index (Phi) is 4.22. The molecule has 0 saturated carbocycles. The highest BCUT2D eigenvalue weighted by molar-refractivity contribution is 6.05. The molecule has 1 heterocycles. The van der Waals surface area contributed by atoms with Gasteiger partial charge in [0.15, 0.2) is 22.7 Å². The number of hydrogen-bond acceptors (Lipinski definition) is 3. The number of ether oxygens (including phenoxy) is 1. The average molecular weight is 320 g/mol. The summed E-state index contributed by atoms with van der Waals surface area (Å²) in [4.78, 5) is 0. The van der Waals surface area contributed by atoms with Crippen LogP contribution in [0.4, 0.5) is 8.78 Å². The SMILES string of the molecule is CCCC[C@H](O)c1ccc2c(oc3c(F)c(OC)ccc32)c1F. The number of benzene rings is 2. The van der Waals surface area contributed by atoms with Gasteiger partial charge in [-0.25, -0.2) is 4.39 Å². The van der Waals surface area contributed by atoms with Gasteiger partial charge in [0, 0.05) is 16.3 Å². The lowest BCUT2D eigenvalue weighted by Gasteiger charge is -2.11. The summed E-state index contributed by atoms with van der Waals surface area (Å²) in [6, 6.07) is 6.31. The summed E-state index contributed by atoms with van der Waals surface area (Å²) >= 11 is 0. The van der Waals surface area contributed by atoms with Crippen LogP contribution in [0.1, 0.15) is 37.9 Å². The number of halogens is 2. The maximum atomic E-state index is 14.7. The first kappa shape index (κ1) is 15.7. The van der Waals surface area contributed by atoms with E-state index in [0.29, 0.717) is 17.2 Å². The molecule has 122 valence electrons. The van der Waals surface area contributed by atoms with Crippen molar-refractivity contribution in [2.75, 3.05) is 7.11 Å². The normalized spacial score (nSPS) is 12.9. The topological polar surface area (TPSA) is 42.6 Å². The van der Waals surface area contributed by atoms with Crippen molar-refractivity contribution in [3.05, 3.63) is 41.5 Å². The number of hydrogen-bond donors (Lipinski definition) is 1. The zero-order valence-corrected chi connectivity index (χ0v) is 13.0. The lowest BCUT2D eigenvalue weighted by Crippen LogP contribution is -2.00. The second-order valence-electron chi connectivity index (χ2n) is 5.56. The van der Waals surface area contributed by atoms with Crippen molar-refractivity contribution < 1.29 is 23.0 Å². The molecular weight excluding hydrogens is 302 g/mol. The van der Waals surface area contributed by atoms with Crippen molar-refractivity contribution >= 4 is 21.9 Å². The van der Waals surface area contributed by atoms with Crippen LogP contribution in [-0.2, 0) is 0 Å². The number of aliphatic hydroxyl groups excluding tert-OH is 1. The van der Waals surface area contributed by atoms with Crippen molar-refractivity contribution in [1.29, 1.82) is 0 Å². The van der Waals surface area contributed by atoms with Gasteiger partial charge in [-0.05, 0) is 24.6 Å². The molecular formula is C18H18F2O3. The van der Waals surface area contributed by atoms with Crippen molar-refractivity contribution in [2.45, 2.75) is 32.3 Å². The van der Waals surface area contributed by atoms with E-state index in [0.717, 1.165) is 12.8 Å². The van der Waals surface area contributed by atoms with Crippen LogP contribution in [0.25, 0.3) is 21.9 Å². The predicted octanol–water partition coefficient (Wildman–Crippen LogP) is 5.10. The molecule has 0 aliphatic carbocycles. The van der Waals surface area contributed by atoms with E-state index in [2.05, 4.69) is 0 Å². The maximum absolute atomic E-state index is 14.7. The van der Waals surface area contributed by atoms with Crippen molar-refractivity contribution in [3.63, 3.8) is 0 Å². The molecule has 0 aliphatic heterocycles. The first-order valence-electron chi connectivity index (χ1n) is 7.63. The third-order valence-corrected chi connectivity index (χ3v) is 4.09. The van der Waals surface area contributed by atoms with Gasteiger partial charge >= 0.3 is 0 Å². The van der Waals surface area contributed by atoms with E-state index in [1.54, 1.807) is 12.1 Å². The third kappa shape index (κ3) is 2.55. The van der Waals surface area contributed by atoms with Crippen molar-refractivity contribution in [3.8, 4) is 5.75 Å². The summed E-state index contributed by atoms with van der Waals surface area (Å²) in [5.74, 6) is -1.26. The van der Waals surface area contributed by atoms with Crippen LogP contribution in [0, 0.1) is 11.6 Å². The van der Waals surface area contributed by atoms with Crippen LogP contribution in [0.2, 0.25) is 0 Å². The van der Waals surface area contributed by atoms with E-state index in [-0.39, 0.29) is 22.5 Å². The summed E-state index contributed by atoms with van der Waals surface area (Å²) < 4.78 is 39.3. The molecule has 0 radical (unpaired) electrons. The van der Waals surface area contributed by atoms with Gasteiger partial charge in [-0.1, -0.05) is 25.8 Å². The van der Waals surface area contributed by atoms with E-state index in [9.17, 15) is 13.9 Å². The molecule has 0 amide bonds. The second-order valence-corrected chi connectivity index (χ2v) is 5.56. The standard InChI is InChI=1S/C18H18F2O3/c1-3-4-5-13(21)12-7-6-10-11-8-9-14(22-2)16(20)18(11)23-17(10)15(12)19/h6-9,13,21H,3-5H2,1-2H3/t13-/m0/s1. The Morgan fingerprint density at radius 3 is 2.39 bits per heavy atom. The molecule has 1 aromatic heterocycles. The molecule has 5 heteroatoms.